The monoisotopic (exact) mass is 238 g/mol. The predicted molar refractivity (Wildman–Crippen MR) is 68.7 cm³/mol. The molecule has 0 aliphatic rings. The largest absolute Gasteiger partial charge is 0.387 e. The molecule has 2 heterocycles. The highest BCUT2D eigenvalue weighted by atomic mass is 32.1. The Hall–Kier alpha value is -0.640. The zero-order chi connectivity index (χ0) is 10.8. The van der Waals surface area contributed by atoms with Crippen molar-refractivity contribution in [1.82, 2.24) is 0 Å². The van der Waals surface area contributed by atoms with Crippen LogP contribution in [-0.2, 0) is 0 Å². The third-order valence-electron chi connectivity index (χ3n) is 2.47. The summed E-state index contributed by atoms with van der Waals surface area (Å²) in [6.45, 7) is 6.00. The van der Waals surface area contributed by atoms with Gasteiger partial charge >= 0.3 is 0 Å². The zero-order valence-corrected chi connectivity index (χ0v) is 10.3. The van der Waals surface area contributed by atoms with Gasteiger partial charge in [-0.05, 0) is 30.4 Å². The molecule has 80 valence electrons. The molecule has 0 bridgehead atoms. The molecule has 0 aliphatic heterocycles. The normalized spacial score (nSPS) is 13.2. The average molecular weight is 238 g/mol. The van der Waals surface area contributed by atoms with Gasteiger partial charge < -0.3 is 5.11 Å². The van der Waals surface area contributed by atoms with E-state index in [1.807, 2.05) is 0 Å². The standard InChI is InChI=1S/C12H14OS2/c1-3-8(2)6-9(13)11-7-12-10(15-11)4-5-14-12/h4-5,7,9,13H,2-3,6H2,1H3. The van der Waals surface area contributed by atoms with Crippen molar-refractivity contribution in [2.45, 2.75) is 25.9 Å². The summed E-state index contributed by atoms with van der Waals surface area (Å²) < 4.78 is 2.55. The molecule has 0 aliphatic carbocycles. The van der Waals surface area contributed by atoms with Gasteiger partial charge in [0.15, 0.2) is 0 Å². The van der Waals surface area contributed by atoms with Gasteiger partial charge in [-0.15, -0.1) is 22.7 Å². The van der Waals surface area contributed by atoms with Crippen LogP contribution in [0.1, 0.15) is 30.7 Å². The molecule has 0 saturated heterocycles. The molecule has 1 N–H and O–H groups in total. The summed E-state index contributed by atoms with van der Waals surface area (Å²) in [5, 5.41) is 12.1. The van der Waals surface area contributed by atoms with Gasteiger partial charge in [-0.1, -0.05) is 19.1 Å². The summed E-state index contributed by atoms with van der Waals surface area (Å²) in [5.41, 5.74) is 1.11. The van der Waals surface area contributed by atoms with Gasteiger partial charge in [-0.25, -0.2) is 0 Å². The van der Waals surface area contributed by atoms with Gasteiger partial charge in [0, 0.05) is 14.3 Å². The van der Waals surface area contributed by atoms with Crippen molar-refractivity contribution in [2.24, 2.45) is 0 Å². The second-order valence-corrected chi connectivity index (χ2v) is 5.68. The molecule has 0 fully saturated rings. The molecule has 2 aromatic heterocycles. The molecule has 0 amide bonds. The van der Waals surface area contributed by atoms with Crippen LogP contribution in [0.4, 0.5) is 0 Å². The Morgan fingerprint density at radius 2 is 2.33 bits per heavy atom. The van der Waals surface area contributed by atoms with Crippen LogP contribution in [0.25, 0.3) is 9.40 Å². The van der Waals surface area contributed by atoms with E-state index < -0.39 is 0 Å². The van der Waals surface area contributed by atoms with Crippen LogP contribution in [0.5, 0.6) is 0 Å². The Morgan fingerprint density at radius 3 is 3.00 bits per heavy atom. The fraction of sp³-hybridized carbons (Fsp3) is 0.333. The van der Waals surface area contributed by atoms with E-state index in [4.69, 9.17) is 0 Å². The second-order valence-electron chi connectivity index (χ2n) is 3.62. The van der Waals surface area contributed by atoms with Crippen LogP contribution in [0.3, 0.4) is 0 Å². The quantitative estimate of drug-likeness (QED) is 0.785. The lowest BCUT2D eigenvalue weighted by Gasteiger charge is -2.08. The molecule has 1 atom stereocenters. The Balaban J connectivity index is 2.16. The Kier molecular flexibility index (Phi) is 3.24. The van der Waals surface area contributed by atoms with E-state index in [1.54, 1.807) is 22.7 Å². The fourth-order valence-corrected chi connectivity index (χ4v) is 3.57. The van der Waals surface area contributed by atoms with E-state index in [0.717, 1.165) is 16.9 Å². The van der Waals surface area contributed by atoms with E-state index in [9.17, 15) is 5.11 Å². The summed E-state index contributed by atoms with van der Waals surface area (Å²) in [5.74, 6) is 0. The predicted octanol–water partition coefficient (Wildman–Crippen LogP) is 4.35. The van der Waals surface area contributed by atoms with Gasteiger partial charge in [-0.3, -0.25) is 0 Å². The minimum atomic E-state index is -0.373. The van der Waals surface area contributed by atoms with Gasteiger partial charge in [0.25, 0.3) is 0 Å². The number of aliphatic hydroxyl groups is 1. The van der Waals surface area contributed by atoms with E-state index in [2.05, 4.69) is 31.0 Å². The highest BCUT2D eigenvalue weighted by Gasteiger charge is 2.12. The summed E-state index contributed by atoms with van der Waals surface area (Å²) in [7, 11) is 0. The maximum Gasteiger partial charge on any atom is 0.0919 e. The van der Waals surface area contributed by atoms with E-state index in [-0.39, 0.29) is 6.10 Å². The molecule has 15 heavy (non-hydrogen) atoms. The molecular formula is C12H14OS2. The summed E-state index contributed by atoms with van der Waals surface area (Å²) in [6.07, 6.45) is 1.25. The topological polar surface area (TPSA) is 20.2 Å². The average Bonchev–Trinajstić information content (AvgIpc) is 2.76. The van der Waals surface area contributed by atoms with Gasteiger partial charge in [0.2, 0.25) is 0 Å². The van der Waals surface area contributed by atoms with Gasteiger partial charge in [-0.2, -0.15) is 0 Å². The number of fused-ring (bicyclic) bond motifs is 1. The number of hydrogen-bond donors (Lipinski definition) is 1. The summed E-state index contributed by atoms with van der Waals surface area (Å²) in [4.78, 5) is 1.06. The lowest BCUT2D eigenvalue weighted by Crippen LogP contribution is -1.95. The maximum absolute atomic E-state index is 10.00. The second kappa shape index (κ2) is 4.47. The van der Waals surface area contributed by atoms with Crippen LogP contribution in [0.15, 0.2) is 29.7 Å². The van der Waals surface area contributed by atoms with Crippen molar-refractivity contribution in [3.8, 4) is 0 Å². The first-order valence-corrected chi connectivity index (χ1v) is 6.72. The van der Waals surface area contributed by atoms with Crippen LogP contribution in [0, 0.1) is 0 Å². The fourth-order valence-electron chi connectivity index (χ4n) is 1.47. The SMILES string of the molecule is C=C(CC)CC(O)c1cc2sccc2s1. The number of thiophene rings is 2. The molecule has 0 spiro atoms. The van der Waals surface area contributed by atoms with Crippen LogP contribution in [0.2, 0.25) is 0 Å². The third kappa shape index (κ3) is 2.30. The molecule has 3 heteroatoms. The molecule has 0 aromatic carbocycles. The Morgan fingerprint density at radius 1 is 1.53 bits per heavy atom. The minimum absolute atomic E-state index is 0.373. The van der Waals surface area contributed by atoms with Crippen molar-refractivity contribution in [1.29, 1.82) is 0 Å². The van der Waals surface area contributed by atoms with Crippen molar-refractivity contribution >= 4 is 32.1 Å². The maximum atomic E-state index is 10.00. The lowest BCUT2D eigenvalue weighted by molar-refractivity contribution is 0.181. The molecule has 2 rings (SSSR count). The van der Waals surface area contributed by atoms with E-state index >= 15 is 0 Å². The van der Waals surface area contributed by atoms with Gasteiger partial charge in [0.1, 0.15) is 0 Å². The third-order valence-corrected chi connectivity index (χ3v) is 4.66. The highest BCUT2D eigenvalue weighted by Crippen LogP contribution is 2.35. The van der Waals surface area contributed by atoms with Crippen molar-refractivity contribution < 1.29 is 5.11 Å². The molecule has 0 radical (unpaired) electrons. The molecule has 2 aromatic rings. The lowest BCUT2D eigenvalue weighted by atomic mass is 10.1. The number of hydrogen-bond acceptors (Lipinski definition) is 3. The first-order valence-electron chi connectivity index (χ1n) is 5.02. The van der Waals surface area contributed by atoms with Gasteiger partial charge in [0.05, 0.1) is 6.10 Å². The summed E-state index contributed by atoms with van der Waals surface area (Å²) >= 11 is 3.41. The number of aliphatic hydroxyl groups excluding tert-OH is 1. The van der Waals surface area contributed by atoms with Crippen molar-refractivity contribution in [3.63, 3.8) is 0 Å². The zero-order valence-electron chi connectivity index (χ0n) is 8.69. The molecule has 1 unspecified atom stereocenters. The first-order chi connectivity index (χ1) is 7.20. The van der Waals surface area contributed by atoms with Crippen molar-refractivity contribution in [3.05, 3.63) is 34.5 Å². The first kappa shape index (κ1) is 10.9. The molecule has 0 saturated carbocycles. The van der Waals surface area contributed by atoms with Crippen molar-refractivity contribution in [2.75, 3.05) is 0 Å². The Bertz CT molecular complexity index is 438. The van der Waals surface area contributed by atoms with Crippen LogP contribution in [-0.4, -0.2) is 5.11 Å². The van der Waals surface area contributed by atoms with Crippen LogP contribution >= 0.6 is 22.7 Å². The smallest absolute Gasteiger partial charge is 0.0919 e. The Labute approximate surface area is 97.7 Å². The molecule has 1 nitrogen and oxygen atoms in total. The summed E-state index contributed by atoms with van der Waals surface area (Å²) in [6, 6.07) is 4.20. The van der Waals surface area contributed by atoms with E-state index in [1.165, 1.54) is 9.40 Å². The minimum Gasteiger partial charge on any atom is -0.387 e. The van der Waals surface area contributed by atoms with E-state index in [0.29, 0.717) is 6.42 Å². The van der Waals surface area contributed by atoms with Crippen LogP contribution < -0.4 is 0 Å². The highest BCUT2D eigenvalue weighted by molar-refractivity contribution is 7.26. The number of rotatable bonds is 4. The molecular weight excluding hydrogens is 224 g/mol.